The number of carbonyl (C=O) groups excluding carboxylic acids is 1. The van der Waals surface area contributed by atoms with Gasteiger partial charge in [-0.3, -0.25) is 4.79 Å². The minimum atomic E-state index is -0.363. The first-order chi connectivity index (χ1) is 7.44. The van der Waals surface area contributed by atoms with Crippen LogP contribution in [0, 0.1) is 6.92 Å². The van der Waals surface area contributed by atoms with Crippen molar-refractivity contribution < 1.29 is 4.79 Å². The first-order valence-electron chi connectivity index (χ1n) is 5.84. The summed E-state index contributed by atoms with van der Waals surface area (Å²) in [5.74, 6) is 0.179. The van der Waals surface area contributed by atoms with Gasteiger partial charge in [-0.2, -0.15) is 0 Å². The largest absolute Gasteiger partial charge is 0.314 e. The van der Waals surface area contributed by atoms with Crippen LogP contribution in [-0.4, -0.2) is 13.0 Å². The summed E-state index contributed by atoms with van der Waals surface area (Å²) in [6.07, 6.45) is 0. The van der Waals surface area contributed by atoms with Gasteiger partial charge in [0, 0.05) is 12.7 Å². The van der Waals surface area contributed by atoms with E-state index in [9.17, 15) is 4.79 Å². The van der Waals surface area contributed by atoms with Crippen molar-refractivity contribution in [2.45, 2.75) is 40.0 Å². The van der Waals surface area contributed by atoms with E-state index in [1.807, 2.05) is 41.7 Å². The minimum Gasteiger partial charge on any atom is -0.314 e. The highest BCUT2D eigenvalue weighted by Crippen LogP contribution is 2.40. The smallest absolute Gasteiger partial charge is 0.236 e. The van der Waals surface area contributed by atoms with Crippen LogP contribution < -0.4 is 4.90 Å². The van der Waals surface area contributed by atoms with Crippen molar-refractivity contribution in [1.82, 2.24) is 0 Å². The third-order valence-corrected chi connectivity index (χ3v) is 3.03. The Labute approximate surface area is 98.3 Å². The van der Waals surface area contributed by atoms with E-state index in [0.29, 0.717) is 0 Å². The fourth-order valence-corrected chi connectivity index (χ4v) is 2.09. The van der Waals surface area contributed by atoms with Crippen molar-refractivity contribution in [3.63, 3.8) is 0 Å². The second kappa shape index (κ2) is 4.28. The van der Waals surface area contributed by atoms with E-state index in [-0.39, 0.29) is 11.3 Å². The van der Waals surface area contributed by atoms with E-state index >= 15 is 0 Å². The number of likely N-dealkylation sites (N-methyl/N-ethyl adjacent to an activating group) is 1. The summed E-state index contributed by atoms with van der Waals surface area (Å²) in [6.45, 7) is 10.0. The minimum absolute atomic E-state index is 0.179. The molecule has 0 aliphatic carbocycles. The number of hydrogen-bond donors (Lipinski definition) is 0. The van der Waals surface area contributed by atoms with E-state index in [4.69, 9.17) is 0 Å². The van der Waals surface area contributed by atoms with Gasteiger partial charge in [-0.25, -0.2) is 0 Å². The predicted octanol–water partition coefficient (Wildman–Crippen LogP) is 3.28. The monoisotopic (exact) mass is 219 g/mol. The Kier molecular flexibility index (Phi) is 3.41. The van der Waals surface area contributed by atoms with Gasteiger partial charge in [-0.05, 0) is 38.0 Å². The molecule has 1 aliphatic rings. The molecule has 0 saturated carbocycles. The molecule has 0 unspecified atom stereocenters. The topological polar surface area (TPSA) is 20.3 Å². The highest BCUT2D eigenvalue weighted by molar-refractivity contribution is 6.07. The third kappa shape index (κ3) is 1.73. The molecule has 1 amide bonds. The fourth-order valence-electron chi connectivity index (χ4n) is 2.09. The Bertz CT molecular complexity index is 407. The highest BCUT2D eigenvalue weighted by Gasteiger charge is 2.41. The molecule has 1 aliphatic heterocycles. The number of nitrogens with zero attached hydrogens (tertiary/aromatic N) is 1. The molecule has 0 N–H and O–H groups in total. The lowest BCUT2D eigenvalue weighted by molar-refractivity contribution is -0.121. The predicted molar refractivity (Wildman–Crippen MR) is 69.0 cm³/mol. The Balaban J connectivity index is 0.000000606. The van der Waals surface area contributed by atoms with Gasteiger partial charge >= 0.3 is 0 Å². The molecule has 0 radical (unpaired) electrons. The maximum Gasteiger partial charge on any atom is 0.236 e. The summed E-state index contributed by atoms with van der Waals surface area (Å²) in [5, 5.41) is 0. The van der Waals surface area contributed by atoms with Gasteiger partial charge in [-0.15, -0.1) is 0 Å². The first kappa shape index (κ1) is 12.8. The number of benzene rings is 1. The van der Waals surface area contributed by atoms with E-state index in [2.05, 4.69) is 18.2 Å². The van der Waals surface area contributed by atoms with Crippen molar-refractivity contribution in [3.05, 3.63) is 29.3 Å². The third-order valence-electron chi connectivity index (χ3n) is 3.03. The summed E-state index contributed by atoms with van der Waals surface area (Å²) >= 11 is 0. The Morgan fingerprint density at radius 3 is 2.31 bits per heavy atom. The van der Waals surface area contributed by atoms with E-state index < -0.39 is 0 Å². The molecule has 0 spiro atoms. The number of fused-ring (bicyclic) bond motifs is 1. The van der Waals surface area contributed by atoms with Crippen LogP contribution in [0.4, 0.5) is 5.69 Å². The second-order valence-electron chi connectivity index (χ2n) is 4.51. The number of rotatable bonds is 0. The fraction of sp³-hybridized carbons (Fsp3) is 0.500. The molecule has 2 heteroatoms. The number of hydrogen-bond acceptors (Lipinski definition) is 1. The van der Waals surface area contributed by atoms with Crippen LogP contribution in [0.2, 0.25) is 0 Å². The molecule has 88 valence electrons. The lowest BCUT2D eigenvalue weighted by Gasteiger charge is -2.16. The summed E-state index contributed by atoms with van der Waals surface area (Å²) in [6, 6.07) is 6.20. The molecular weight excluding hydrogens is 198 g/mol. The quantitative estimate of drug-likeness (QED) is 0.655. The Morgan fingerprint density at radius 2 is 1.75 bits per heavy atom. The van der Waals surface area contributed by atoms with E-state index in [1.165, 1.54) is 5.56 Å². The van der Waals surface area contributed by atoms with Crippen LogP contribution in [-0.2, 0) is 10.2 Å². The zero-order chi connectivity index (χ0) is 12.5. The van der Waals surface area contributed by atoms with Crippen molar-refractivity contribution in [2.24, 2.45) is 0 Å². The van der Waals surface area contributed by atoms with Gasteiger partial charge < -0.3 is 4.90 Å². The molecular formula is C14H21NO. The van der Waals surface area contributed by atoms with Gasteiger partial charge in [0.15, 0.2) is 0 Å². The van der Waals surface area contributed by atoms with Crippen molar-refractivity contribution >= 4 is 11.6 Å². The number of anilines is 1. The maximum atomic E-state index is 11.9. The number of aryl methyl sites for hydroxylation is 1. The lowest BCUT2D eigenvalue weighted by atomic mass is 9.86. The zero-order valence-electron chi connectivity index (χ0n) is 11.1. The average Bonchev–Trinajstić information content (AvgIpc) is 2.43. The van der Waals surface area contributed by atoms with Gasteiger partial charge in [0.1, 0.15) is 0 Å². The van der Waals surface area contributed by atoms with Crippen LogP contribution in [0.1, 0.15) is 38.8 Å². The Hall–Kier alpha value is -1.31. The SMILES string of the molecule is CC.Cc1ccc2c(c1)N(C)C(=O)C2(C)C. The van der Waals surface area contributed by atoms with E-state index in [0.717, 1.165) is 11.3 Å². The van der Waals surface area contributed by atoms with Crippen LogP contribution in [0.5, 0.6) is 0 Å². The Morgan fingerprint density at radius 1 is 1.19 bits per heavy atom. The maximum absolute atomic E-state index is 11.9. The van der Waals surface area contributed by atoms with Gasteiger partial charge in [-0.1, -0.05) is 26.0 Å². The van der Waals surface area contributed by atoms with Crippen LogP contribution in [0.15, 0.2) is 18.2 Å². The molecule has 0 fully saturated rings. The molecule has 0 bridgehead atoms. The lowest BCUT2D eigenvalue weighted by Crippen LogP contribution is -2.33. The molecule has 2 nitrogen and oxygen atoms in total. The summed E-state index contributed by atoms with van der Waals surface area (Å²) < 4.78 is 0. The summed E-state index contributed by atoms with van der Waals surface area (Å²) in [4.78, 5) is 13.7. The molecule has 0 saturated heterocycles. The second-order valence-corrected chi connectivity index (χ2v) is 4.51. The van der Waals surface area contributed by atoms with Crippen LogP contribution in [0.3, 0.4) is 0 Å². The first-order valence-corrected chi connectivity index (χ1v) is 5.84. The highest BCUT2D eigenvalue weighted by atomic mass is 16.2. The zero-order valence-corrected chi connectivity index (χ0v) is 11.1. The number of amides is 1. The molecule has 16 heavy (non-hydrogen) atoms. The number of carbonyl (C=O) groups is 1. The molecule has 0 aromatic heterocycles. The van der Waals surface area contributed by atoms with Crippen LogP contribution in [0.25, 0.3) is 0 Å². The molecule has 2 rings (SSSR count). The van der Waals surface area contributed by atoms with Gasteiger partial charge in [0.25, 0.3) is 0 Å². The molecule has 0 atom stereocenters. The summed E-state index contributed by atoms with van der Waals surface area (Å²) in [7, 11) is 1.84. The molecule has 1 aromatic rings. The average molecular weight is 219 g/mol. The molecule has 1 aromatic carbocycles. The van der Waals surface area contributed by atoms with E-state index in [1.54, 1.807) is 4.90 Å². The van der Waals surface area contributed by atoms with Crippen LogP contribution >= 0.6 is 0 Å². The standard InChI is InChI=1S/C12H15NO.C2H6/c1-8-5-6-9-10(7-8)13(4)11(14)12(9,2)3;1-2/h5-7H,1-4H3;1-2H3. The van der Waals surface area contributed by atoms with Crippen molar-refractivity contribution in [3.8, 4) is 0 Å². The van der Waals surface area contributed by atoms with Crippen molar-refractivity contribution in [2.75, 3.05) is 11.9 Å². The summed E-state index contributed by atoms with van der Waals surface area (Å²) in [5.41, 5.74) is 3.02. The van der Waals surface area contributed by atoms with Crippen molar-refractivity contribution in [1.29, 1.82) is 0 Å². The van der Waals surface area contributed by atoms with Gasteiger partial charge in [0.05, 0.1) is 5.41 Å². The molecule has 1 heterocycles. The normalized spacial score (nSPS) is 16.6. The van der Waals surface area contributed by atoms with Gasteiger partial charge in [0.2, 0.25) is 5.91 Å².